The number of ether oxygens (including phenoxy) is 2. The van der Waals surface area contributed by atoms with E-state index in [1.165, 1.54) is 35.1 Å². The molecule has 0 atom stereocenters. The highest BCUT2D eigenvalue weighted by Gasteiger charge is 2.33. The lowest BCUT2D eigenvalue weighted by molar-refractivity contribution is 0.0430. The van der Waals surface area contributed by atoms with E-state index < -0.39 is 23.4 Å². The normalized spacial score (nSPS) is 13.5. The summed E-state index contributed by atoms with van der Waals surface area (Å²) in [5.41, 5.74) is 3.71. The van der Waals surface area contributed by atoms with Gasteiger partial charge in [-0.3, -0.25) is 4.40 Å². The molecule has 0 saturated carbocycles. The Kier molecular flexibility index (Phi) is 7.53. The molecule has 1 fully saturated rings. The van der Waals surface area contributed by atoms with Crippen molar-refractivity contribution in [3.63, 3.8) is 0 Å². The van der Waals surface area contributed by atoms with Gasteiger partial charge in [-0.2, -0.15) is 14.7 Å². The van der Waals surface area contributed by atoms with Crippen LogP contribution in [0.4, 0.5) is 21.0 Å². The first-order valence-corrected chi connectivity index (χ1v) is 14.3. The molecule has 1 aliphatic rings. The number of hydrogen-bond donors (Lipinski definition) is 0. The van der Waals surface area contributed by atoms with Gasteiger partial charge >= 0.3 is 17.9 Å². The number of benzene rings is 1. The van der Waals surface area contributed by atoms with Crippen molar-refractivity contribution in [1.82, 2.24) is 19.2 Å². The molecule has 0 radical (unpaired) electrons. The molecule has 0 aliphatic carbocycles. The van der Waals surface area contributed by atoms with Crippen LogP contribution in [0.3, 0.4) is 0 Å². The summed E-state index contributed by atoms with van der Waals surface area (Å²) < 4.78 is 13.7. The molecule has 0 spiro atoms. The maximum Gasteiger partial charge on any atom is 0.424 e. The number of pyridine rings is 1. The lowest BCUT2D eigenvalue weighted by Gasteiger charge is -2.33. The molecule has 1 saturated heterocycles. The van der Waals surface area contributed by atoms with Crippen molar-refractivity contribution in [1.29, 1.82) is 0 Å². The molecule has 11 heteroatoms. The quantitative estimate of drug-likeness (QED) is 0.284. The summed E-state index contributed by atoms with van der Waals surface area (Å²) in [6, 6.07) is 11.4. The van der Waals surface area contributed by atoms with Gasteiger partial charge in [0.1, 0.15) is 11.2 Å². The summed E-state index contributed by atoms with van der Waals surface area (Å²) in [5.74, 6) is 0.219. The minimum Gasteiger partial charge on any atom is -0.443 e. The Morgan fingerprint density at radius 1 is 0.907 bits per heavy atom. The number of carbonyl (C=O) groups is 2. The fourth-order valence-electron chi connectivity index (χ4n) is 5.07. The summed E-state index contributed by atoms with van der Waals surface area (Å²) in [7, 11) is 0. The molecule has 4 aromatic rings. The second kappa shape index (κ2) is 10.9. The topological polar surface area (TPSA) is 111 Å². The van der Waals surface area contributed by atoms with Crippen LogP contribution in [-0.2, 0) is 9.47 Å². The number of aromatic nitrogens is 4. The Bertz CT molecular complexity index is 1730. The van der Waals surface area contributed by atoms with Gasteiger partial charge < -0.3 is 14.4 Å². The summed E-state index contributed by atoms with van der Waals surface area (Å²) >= 11 is 0. The molecule has 4 heterocycles. The first-order chi connectivity index (χ1) is 20.1. The highest BCUT2D eigenvalue weighted by atomic mass is 16.6. The van der Waals surface area contributed by atoms with Crippen LogP contribution in [0.1, 0.15) is 59.2 Å². The minimum atomic E-state index is -0.905. The van der Waals surface area contributed by atoms with E-state index >= 15 is 0 Å². The first-order valence-electron chi connectivity index (χ1n) is 14.3. The Labute approximate surface area is 250 Å². The molecule has 1 aromatic carbocycles. The first kappa shape index (κ1) is 29.8. The molecule has 0 bridgehead atoms. The third-order valence-electron chi connectivity index (χ3n) is 7.08. The Balaban J connectivity index is 1.52. The molecule has 0 N–H and O–H groups in total. The van der Waals surface area contributed by atoms with E-state index in [1.807, 2.05) is 19.9 Å². The average Bonchev–Trinajstić information content (AvgIpc) is 3.12. The molecule has 0 unspecified atom stereocenters. The zero-order chi connectivity index (χ0) is 31.3. The highest BCUT2D eigenvalue weighted by Crippen LogP contribution is 2.34. The fourth-order valence-corrected chi connectivity index (χ4v) is 5.07. The molecule has 11 nitrogen and oxygen atoms in total. The number of aryl methyl sites for hydroxylation is 2. The summed E-state index contributed by atoms with van der Waals surface area (Å²) in [4.78, 5) is 47.3. The summed E-state index contributed by atoms with van der Waals surface area (Å²) in [6.45, 7) is 16.2. The van der Waals surface area contributed by atoms with Crippen molar-refractivity contribution in [2.45, 2.75) is 73.0 Å². The number of fused-ring (bicyclic) bond motifs is 1. The van der Waals surface area contributed by atoms with Crippen LogP contribution in [0.25, 0.3) is 22.5 Å². The SMILES string of the molecule is Cc1c(-c2cccc(N3CCC3)c2)c(C)n2c(=O)n(-c3ccc(N(C(=O)OC(C)(C)C)C(=O)OC(C)(C)C)cn3)ncc12. The van der Waals surface area contributed by atoms with Crippen LogP contribution in [-0.4, -0.2) is 55.6 Å². The average molecular weight is 587 g/mol. The Morgan fingerprint density at radius 3 is 2.09 bits per heavy atom. The molecule has 2 amide bonds. The van der Waals surface area contributed by atoms with Crippen molar-refractivity contribution in [2.75, 3.05) is 22.9 Å². The van der Waals surface area contributed by atoms with Crippen molar-refractivity contribution in [3.8, 4) is 16.9 Å². The molecule has 1 aliphatic heterocycles. The second-order valence-corrected chi connectivity index (χ2v) is 12.7. The smallest absolute Gasteiger partial charge is 0.424 e. The van der Waals surface area contributed by atoms with Gasteiger partial charge in [-0.05, 0) is 97.2 Å². The van der Waals surface area contributed by atoms with Crippen LogP contribution in [0.5, 0.6) is 0 Å². The lowest BCUT2D eigenvalue weighted by atomic mass is 10.0. The van der Waals surface area contributed by atoms with E-state index in [9.17, 15) is 14.4 Å². The summed E-state index contributed by atoms with van der Waals surface area (Å²) in [6.07, 6.45) is 2.34. The number of anilines is 2. The molecule has 3 aromatic heterocycles. The predicted octanol–water partition coefficient (Wildman–Crippen LogP) is 6.05. The number of hydrogen-bond acceptors (Lipinski definition) is 8. The maximum absolute atomic E-state index is 13.8. The van der Waals surface area contributed by atoms with Crippen molar-refractivity contribution in [3.05, 3.63) is 70.5 Å². The number of amides is 2. The largest absolute Gasteiger partial charge is 0.443 e. The monoisotopic (exact) mass is 586 g/mol. The standard InChI is InChI=1S/C32H38N6O5/c1-20-25-19-34-38(28(39)36(25)21(2)27(20)22-11-9-12-23(17-22)35-15-10-16-35)26-14-13-24(18-33-26)37(29(40)42-31(3,4)5)30(41)43-32(6,7)8/h9,11-14,17-19H,10,15-16H2,1-8H3. The van der Waals surface area contributed by atoms with E-state index in [0.717, 1.165) is 40.4 Å². The van der Waals surface area contributed by atoms with Crippen LogP contribution in [0, 0.1) is 13.8 Å². The highest BCUT2D eigenvalue weighted by molar-refractivity contribution is 6.09. The van der Waals surface area contributed by atoms with Crippen molar-refractivity contribution in [2.24, 2.45) is 0 Å². The zero-order valence-corrected chi connectivity index (χ0v) is 26.0. The van der Waals surface area contributed by atoms with Gasteiger partial charge in [-0.1, -0.05) is 12.1 Å². The van der Waals surface area contributed by atoms with Gasteiger partial charge in [0.05, 0.1) is 23.6 Å². The number of imide groups is 1. The van der Waals surface area contributed by atoms with Crippen LogP contribution in [0.15, 0.2) is 53.6 Å². The minimum absolute atomic E-state index is 0.124. The Hall–Kier alpha value is -4.67. The van der Waals surface area contributed by atoms with E-state index in [-0.39, 0.29) is 17.2 Å². The molecule has 5 rings (SSSR count). The number of nitrogens with zero attached hydrogens (tertiary/aromatic N) is 6. The van der Waals surface area contributed by atoms with E-state index in [4.69, 9.17) is 9.47 Å². The van der Waals surface area contributed by atoms with Crippen molar-refractivity contribution < 1.29 is 19.1 Å². The van der Waals surface area contributed by atoms with E-state index in [0.29, 0.717) is 5.52 Å². The summed E-state index contributed by atoms with van der Waals surface area (Å²) in [5, 5.41) is 4.41. The predicted molar refractivity (Wildman–Crippen MR) is 165 cm³/mol. The Morgan fingerprint density at radius 2 is 1.56 bits per heavy atom. The fraction of sp³-hybridized carbons (Fsp3) is 0.406. The molecule has 43 heavy (non-hydrogen) atoms. The molecular formula is C32H38N6O5. The van der Waals surface area contributed by atoms with Gasteiger partial charge in [0.2, 0.25) is 0 Å². The van der Waals surface area contributed by atoms with Gasteiger partial charge in [0, 0.05) is 30.0 Å². The maximum atomic E-state index is 13.8. The second-order valence-electron chi connectivity index (χ2n) is 12.7. The lowest BCUT2D eigenvalue weighted by Crippen LogP contribution is -2.43. The molecule has 226 valence electrons. The van der Waals surface area contributed by atoms with E-state index in [2.05, 4.69) is 33.2 Å². The molecular weight excluding hydrogens is 548 g/mol. The van der Waals surface area contributed by atoms with Gasteiger partial charge in [0.15, 0.2) is 5.82 Å². The number of carbonyl (C=O) groups excluding carboxylic acids is 2. The van der Waals surface area contributed by atoms with Gasteiger partial charge in [0.25, 0.3) is 0 Å². The van der Waals surface area contributed by atoms with Gasteiger partial charge in [-0.15, -0.1) is 0 Å². The van der Waals surface area contributed by atoms with Gasteiger partial charge in [-0.25, -0.2) is 19.4 Å². The number of rotatable bonds is 4. The van der Waals surface area contributed by atoms with Crippen molar-refractivity contribution >= 4 is 29.1 Å². The van der Waals surface area contributed by atoms with Crippen LogP contribution < -0.4 is 15.5 Å². The zero-order valence-electron chi connectivity index (χ0n) is 26.0. The van der Waals surface area contributed by atoms with Crippen LogP contribution in [0.2, 0.25) is 0 Å². The third kappa shape index (κ3) is 5.97. The van der Waals surface area contributed by atoms with E-state index in [1.54, 1.807) is 52.1 Å². The van der Waals surface area contributed by atoms with Crippen LogP contribution >= 0.6 is 0 Å². The third-order valence-corrected chi connectivity index (χ3v) is 7.08.